The molecule has 0 bridgehead atoms. The van der Waals surface area contributed by atoms with Gasteiger partial charge >= 0.3 is 13.5 Å². The molecule has 2 aliphatic heterocycles. The van der Waals surface area contributed by atoms with E-state index in [-0.39, 0.29) is 24.2 Å². The number of phosphoric acid groups is 1. The number of fused-ring (bicyclic) bond motifs is 1. The van der Waals surface area contributed by atoms with Crippen LogP contribution in [0.2, 0.25) is 5.15 Å². The molecule has 1 fully saturated rings. The monoisotopic (exact) mass is 413 g/mol. The predicted octanol–water partition coefficient (Wildman–Crippen LogP) is 2.89. The fourth-order valence-electron chi connectivity index (χ4n) is 2.99. The van der Waals surface area contributed by atoms with Crippen molar-refractivity contribution < 1.29 is 22.9 Å². The fraction of sp³-hybridized carbons (Fsp3) is 0.375. The van der Waals surface area contributed by atoms with E-state index in [1.165, 1.54) is 10.6 Å². The molecule has 3 atom stereocenters. The van der Waals surface area contributed by atoms with Crippen molar-refractivity contribution in [3.8, 4) is 5.75 Å². The van der Waals surface area contributed by atoms with Crippen LogP contribution in [0.3, 0.4) is 0 Å². The quantitative estimate of drug-likeness (QED) is 0.601. The standard InChI is InChI=1S/C16H17ClN3O6P/c17-13-7-14(18)19-16(21)20(13)15-6-5-11(25-15)9-24-27(22)23-8-10-3-1-2-4-12(10)26-27/h1-4,7,11,15H,5-6,8-9H2,(H2,18,19,21). The molecule has 9 nitrogen and oxygen atoms in total. The van der Waals surface area contributed by atoms with Crippen molar-refractivity contribution in [2.75, 3.05) is 12.3 Å². The van der Waals surface area contributed by atoms with Crippen LogP contribution in [0.25, 0.3) is 0 Å². The summed E-state index contributed by atoms with van der Waals surface area (Å²) in [7, 11) is -3.72. The Hall–Kier alpha value is -1.90. The number of hydrogen-bond donors (Lipinski definition) is 1. The summed E-state index contributed by atoms with van der Waals surface area (Å²) in [6, 6.07) is 8.54. The van der Waals surface area contributed by atoms with E-state index in [1.54, 1.807) is 12.1 Å². The molecular formula is C16H17ClN3O6P. The van der Waals surface area contributed by atoms with E-state index >= 15 is 0 Å². The molecule has 0 radical (unpaired) electrons. The molecule has 144 valence electrons. The van der Waals surface area contributed by atoms with Crippen molar-refractivity contribution >= 4 is 25.2 Å². The Bertz CT molecular complexity index is 967. The summed E-state index contributed by atoms with van der Waals surface area (Å²) >= 11 is 6.08. The second-order valence-electron chi connectivity index (χ2n) is 6.16. The Balaban J connectivity index is 1.39. The highest BCUT2D eigenvalue weighted by Crippen LogP contribution is 2.54. The smallest absolute Gasteiger partial charge is 0.404 e. The van der Waals surface area contributed by atoms with Crippen LogP contribution >= 0.6 is 19.4 Å². The lowest BCUT2D eigenvalue weighted by atomic mass is 10.2. The minimum Gasteiger partial charge on any atom is -0.404 e. The molecule has 3 unspecified atom stereocenters. The summed E-state index contributed by atoms with van der Waals surface area (Å²) in [5.74, 6) is 0.521. The van der Waals surface area contributed by atoms with Gasteiger partial charge in [0, 0.05) is 11.6 Å². The van der Waals surface area contributed by atoms with Crippen LogP contribution in [0.15, 0.2) is 35.1 Å². The molecule has 3 heterocycles. The Kier molecular flexibility index (Phi) is 4.96. The molecule has 1 saturated heterocycles. The van der Waals surface area contributed by atoms with Gasteiger partial charge in [0.2, 0.25) is 0 Å². The number of anilines is 1. The molecule has 0 spiro atoms. The Morgan fingerprint density at radius 2 is 2.19 bits per heavy atom. The minimum atomic E-state index is -3.72. The SMILES string of the molecule is Nc1cc(Cl)n(C2CCC(COP3(=O)OCc4ccccc4O3)O2)c(=O)n1. The van der Waals surface area contributed by atoms with Crippen LogP contribution in [0.1, 0.15) is 24.6 Å². The summed E-state index contributed by atoms with van der Waals surface area (Å²) in [5.41, 5.74) is 5.72. The number of aromatic nitrogens is 2. The number of nitrogens with two attached hydrogens (primary N) is 1. The van der Waals surface area contributed by atoms with Gasteiger partial charge < -0.3 is 15.0 Å². The molecule has 0 aliphatic carbocycles. The van der Waals surface area contributed by atoms with Gasteiger partial charge in [-0.3, -0.25) is 13.6 Å². The largest absolute Gasteiger partial charge is 0.530 e. The van der Waals surface area contributed by atoms with Crippen LogP contribution in [0.4, 0.5) is 5.82 Å². The van der Waals surface area contributed by atoms with E-state index in [2.05, 4.69) is 4.98 Å². The van der Waals surface area contributed by atoms with Gasteiger partial charge in [-0.2, -0.15) is 4.98 Å². The van der Waals surface area contributed by atoms with Crippen LogP contribution in [-0.4, -0.2) is 22.3 Å². The third-order valence-electron chi connectivity index (χ3n) is 4.28. The molecule has 2 aliphatic rings. The summed E-state index contributed by atoms with van der Waals surface area (Å²) in [6.45, 7) is 0.133. The molecule has 4 rings (SSSR count). The number of rotatable bonds is 4. The Morgan fingerprint density at radius 1 is 1.37 bits per heavy atom. The first-order valence-corrected chi connectivity index (χ1v) is 10.1. The maximum Gasteiger partial charge on any atom is 0.530 e. The Labute approximate surface area is 159 Å². The third-order valence-corrected chi connectivity index (χ3v) is 5.90. The molecule has 27 heavy (non-hydrogen) atoms. The number of benzene rings is 1. The molecule has 11 heteroatoms. The number of nitrogens with zero attached hydrogens (tertiary/aromatic N) is 2. The third kappa shape index (κ3) is 3.88. The summed E-state index contributed by atoms with van der Waals surface area (Å²) in [5, 5.41) is 0.141. The van der Waals surface area contributed by atoms with Crippen molar-refractivity contribution in [3.63, 3.8) is 0 Å². The molecule has 1 aromatic carbocycles. The summed E-state index contributed by atoms with van der Waals surface area (Å²) < 4.78 is 35.7. The van der Waals surface area contributed by atoms with Gasteiger partial charge in [0.05, 0.1) is 19.3 Å². The van der Waals surface area contributed by atoms with Crippen molar-refractivity contribution in [2.45, 2.75) is 31.8 Å². The predicted molar refractivity (Wildman–Crippen MR) is 96.5 cm³/mol. The number of ether oxygens (including phenoxy) is 1. The fourth-order valence-corrected chi connectivity index (χ4v) is 4.52. The molecular weight excluding hydrogens is 397 g/mol. The van der Waals surface area contributed by atoms with Gasteiger partial charge in [0.25, 0.3) is 0 Å². The van der Waals surface area contributed by atoms with Crippen LogP contribution in [0.5, 0.6) is 5.75 Å². The second kappa shape index (κ2) is 7.26. The number of nitrogen functional groups attached to an aromatic ring is 1. The highest BCUT2D eigenvalue weighted by Gasteiger charge is 2.37. The zero-order chi connectivity index (χ0) is 19.0. The van der Waals surface area contributed by atoms with E-state index in [4.69, 9.17) is 35.6 Å². The molecule has 2 aromatic rings. The zero-order valence-electron chi connectivity index (χ0n) is 14.1. The maximum absolute atomic E-state index is 12.6. The van der Waals surface area contributed by atoms with Gasteiger partial charge in [-0.15, -0.1) is 0 Å². The van der Waals surface area contributed by atoms with Crippen molar-refractivity contribution in [3.05, 3.63) is 51.5 Å². The average molecular weight is 414 g/mol. The molecule has 2 N–H and O–H groups in total. The van der Waals surface area contributed by atoms with Crippen molar-refractivity contribution in [1.29, 1.82) is 0 Å². The van der Waals surface area contributed by atoms with Crippen LogP contribution < -0.4 is 15.9 Å². The number of halogens is 1. The number of hydrogen-bond acceptors (Lipinski definition) is 8. The molecule has 1 aromatic heterocycles. The first-order chi connectivity index (χ1) is 12.9. The van der Waals surface area contributed by atoms with Gasteiger partial charge in [-0.25, -0.2) is 9.36 Å². The lowest BCUT2D eigenvalue weighted by molar-refractivity contribution is -0.0262. The van der Waals surface area contributed by atoms with Crippen molar-refractivity contribution in [2.24, 2.45) is 0 Å². The van der Waals surface area contributed by atoms with Gasteiger partial charge in [0.15, 0.2) is 0 Å². The van der Waals surface area contributed by atoms with Crippen molar-refractivity contribution in [1.82, 2.24) is 9.55 Å². The number of para-hydroxylation sites is 1. The Morgan fingerprint density at radius 3 is 3.00 bits per heavy atom. The summed E-state index contributed by atoms with van der Waals surface area (Å²) in [4.78, 5) is 15.7. The first kappa shape index (κ1) is 18.5. The topological polar surface area (TPSA) is 115 Å². The average Bonchev–Trinajstić information content (AvgIpc) is 3.08. The van der Waals surface area contributed by atoms with Crippen LogP contribution in [-0.2, 0) is 25.0 Å². The lowest BCUT2D eigenvalue weighted by Gasteiger charge is -2.25. The highest BCUT2D eigenvalue weighted by atomic mass is 35.5. The zero-order valence-corrected chi connectivity index (χ0v) is 15.8. The molecule has 0 saturated carbocycles. The second-order valence-corrected chi connectivity index (χ2v) is 8.14. The van der Waals surface area contributed by atoms with Gasteiger partial charge in [-0.05, 0) is 18.9 Å². The normalized spacial score (nSPS) is 27.1. The highest BCUT2D eigenvalue weighted by molar-refractivity contribution is 7.49. The maximum atomic E-state index is 12.6. The van der Waals surface area contributed by atoms with Gasteiger partial charge in [-0.1, -0.05) is 29.8 Å². The molecule has 0 amide bonds. The van der Waals surface area contributed by atoms with E-state index in [0.29, 0.717) is 18.6 Å². The van der Waals surface area contributed by atoms with E-state index < -0.39 is 25.8 Å². The summed E-state index contributed by atoms with van der Waals surface area (Å²) in [6.07, 6.45) is 0.106. The van der Waals surface area contributed by atoms with E-state index in [0.717, 1.165) is 5.56 Å². The van der Waals surface area contributed by atoms with Gasteiger partial charge in [0.1, 0.15) is 22.9 Å². The lowest BCUT2D eigenvalue weighted by Crippen LogP contribution is -2.29. The van der Waals surface area contributed by atoms with Crippen LogP contribution in [0, 0.1) is 0 Å². The number of phosphoric ester groups is 1. The van der Waals surface area contributed by atoms with E-state index in [1.807, 2.05) is 12.1 Å². The van der Waals surface area contributed by atoms with E-state index in [9.17, 15) is 9.36 Å². The minimum absolute atomic E-state index is 0.00921. The first-order valence-electron chi connectivity index (χ1n) is 8.30.